The van der Waals surface area contributed by atoms with Crippen molar-refractivity contribution in [3.05, 3.63) is 29.8 Å². The van der Waals surface area contributed by atoms with E-state index in [1.54, 1.807) is 13.2 Å². The maximum absolute atomic E-state index is 12.1. The lowest BCUT2D eigenvalue weighted by Crippen LogP contribution is -2.39. The van der Waals surface area contributed by atoms with Gasteiger partial charge in [-0.1, -0.05) is 13.0 Å². The summed E-state index contributed by atoms with van der Waals surface area (Å²) in [7, 11) is 5.64. The van der Waals surface area contributed by atoms with Crippen LogP contribution in [0, 0.1) is 5.92 Å². The molecule has 0 radical (unpaired) electrons. The molecule has 1 aromatic rings. The highest BCUT2D eigenvalue weighted by atomic mass is 16.5. The summed E-state index contributed by atoms with van der Waals surface area (Å²) in [5.74, 6) is -1.40. The van der Waals surface area contributed by atoms with Crippen molar-refractivity contribution in [3.63, 3.8) is 0 Å². The summed E-state index contributed by atoms with van der Waals surface area (Å²) in [5, 5.41) is 35.6. The number of carboxylic acid groups (broad SMARTS) is 2. The zero-order valence-electron chi connectivity index (χ0n) is 21.2. The summed E-state index contributed by atoms with van der Waals surface area (Å²) in [6.45, 7) is 3.71. The summed E-state index contributed by atoms with van der Waals surface area (Å²) < 4.78 is 11.2. The minimum absolute atomic E-state index is 0.0326. The van der Waals surface area contributed by atoms with Gasteiger partial charge in [-0.25, -0.2) is 9.59 Å². The van der Waals surface area contributed by atoms with Crippen molar-refractivity contribution in [2.24, 2.45) is 5.92 Å². The van der Waals surface area contributed by atoms with Gasteiger partial charge in [-0.3, -0.25) is 4.79 Å². The van der Waals surface area contributed by atoms with Crippen LogP contribution in [0.3, 0.4) is 0 Å². The van der Waals surface area contributed by atoms with E-state index in [9.17, 15) is 14.4 Å². The molecule has 2 rings (SSSR count). The first-order chi connectivity index (χ1) is 16.9. The number of amides is 1. The zero-order valence-corrected chi connectivity index (χ0v) is 21.2. The van der Waals surface area contributed by atoms with Crippen LogP contribution in [0.25, 0.3) is 6.08 Å². The van der Waals surface area contributed by atoms with Crippen LogP contribution >= 0.6 is 0 Å². The molecule has 0 spiro atoms. The fraction of sp³-hybridized carbons (Fsp3) is 0.560. The standard InChI is InChI=1S/C21H32N2O3.C4H6O6/c1-16-5-9-18(10-6-16)22-21(24)12-8-17-7-11-19(20(15-17)25-4)26-14-13-23(2)3;5-1(3(7)8)2(6)4(9)10/h7-8,11-12,15-16,18H,5-6,9-10,13-14H2,1-4H3,(H,22,24);1-2,5-6H,(H,7,8)(H,9,10)/b12-8+;/t16-,18-;. The predicted octanol–water partition coefficient (Wildman–Crippen LogP) is 1.22. The quantitative estimate of drug-likeness (QED) is 0.273. The summed E-state index contributed by atoms with van der Waals surface area (Å²) in [6.07, 6.45) is 3.42. The molecule has 1 fully saturated rings. The van der Waals surface area contributed by atoms with Crippen LogP contribution in [0.1, 0.15) is 38.2 Å². The number of hydrogen-bond acceptors (Lipinski definition) is 8. The second-order valence-corrected chi connectivity index (χ2v) is 8.93. The van der Waals surface area contributed by atoms with Crippen molar-refractivity contribution in [2.45, 2.75) is 50.9 Å². The van der Waals surface area contributed by atoms with Crippen LogP contribution in [-0.4, -0.2) is 95.8 Å². The number of likely N-dealkylation sites (N-methyl/N-ethyl adjacent to an activating group) is 1. The average molecular weight is 511 g/mol. The topological polar surface area (TPSA) is 166 Å². The zero-order chi connectivity index (χ0) is 27.3. The molecule has 1 aliphatic rings. The molecule has 0 bridgehead atoms. The lowest BCUT2D eigenvalue weighted by Gasteiger charge is -2.26. The lowest BCUT2D eigenvalue weighted by atomic mass is 9.87. The maximum Gasteiger partial charge on any atom is 0.335 e. The van der Waals surface area contributed by atoms with E-state index in [0.717, 1.165) is 30.9 Å². The number of hydrogen-bond donors (Lipinski definition) is 5. The number of carboxylic acids is 2. The molecule has 1 saturated carbocycles. The summed E-state index contributed by atoms with van der Waals surface area (Å²) >= 11 is 0. The van der Waals surface area contributed by atoms with Gasteiger partial charge >= 0.3 is 11.9 Å². The van der Waals surface area contributed by atoms with E-state index in [2.05, 4.69) is 17.1 Å². The van der Waals surface area contributed by atoms with Gasteiger partial charge in [-0.05, 0) is 69.5 Å². The Morgan fingerprint density at radius 3 is 2.14 bits per heavy atom. The fourth-order valence-electron chi connectivity index (χ4n) is 3.34. The predicted molar refractivity (Wildman–Crippen MR) is 133 cm³/mol. The van der Waals surface area contributed by atoms with Crippen molar-refractivity contribution >= 4 is 23.9 Å². The molecule has 36 heavy (non-hydrogen) atoms. The number of benzene rings is 1. The highest BCUT2D eigenvalue weighted by molar-refractivity contribution is 5.92. The van der Waals surface area contributed by atoms with Gasteiger partial charge in [-0.15, -0.1) is 0 Å². The Balaban J connectivity index is 0.000000548. The minimum atomic E-state index is -2.27. The minimum Gasteiger partial charge on any atom is -0.493 e. The largest absolute Gasteiger partial charge is 0.493 e. The summed E-state index contributed by atoms with van der Waals surface area (Å²) in [4.78, 5) is 33.7. The van der Waals surface area contributed by atoms with Gasteiger partial charge in [0.25, 0.3) is 0 Å². The van der Waals surface area contributed by atoms with Crippen LogP contribution in [0.2, 0.25) is 0 Å². The molecular weight excluding hydrogens is 472 g/mol. The first kappa shape index (κ1) is 30.9. The second-order valence-electron chi connectivity index (χ2n) is 8.93. The molecule has 0 heterocycles. The number of aliphatic hydroxyl groups excluding tert-OH is 2. The number of carbonyl (C=O) groups is 3. The molecule has 5 N–H and O–H groups in total. The Hall–Kier alpha value is -3.15. The summed E-state index contributed by atoms with van der Waals surface area (Å²) in [5.41, 5.74) is 0.911. The van der Waals surface area contributed by atoms with E-state index in [1.807, 2.05) is 38.4 Å². The van der Waals surface area contributed by atoms with Crippen LogP contribution in [0.4, 0.5) is 0 Å². The Morgan fingerprint density at radius 1 is 1.06 bits per heavy atom. The number of aliphatic carboxylic acids is 2. The first-order valence-electron chi connectivity index (χ1n) is 11.7. The number of ether oxygens (including phenoxy) is 2. The smallest absolute Gasteiger partial charge is 0.335 e. The van der Waals surface area contributed by atoms with Gasteiger partial charge in [-0.2, -0.15) is 0 Å². The number of methoxy groups -OCH3 is 1. The van der Waals surface area contributed by atoms with E-state index < -0.39 is 24.1 Å². The first-order valence-corrected chi connectivity index (χ1v) is 11.7. The SMILES string of the molecule is COc1cc(/C=C/C(=O)N[C@H]2CC[C@H](C)CC2)ccc1OCCN(C)C.O=C(O)C(O)C(O)C(=O)O. The molecule has 11 heteroatoms. The number of carbonyl (C=O) groups excluding carboxylic acids is 1. The third kappa shape index (κ3) is 11.5. The van der Waals surface area contributed by atoms with E-state index in [4.69, 9.17) is 29.9 Å². The third-order valence-electron chi connectivity index (χ3n) is 5.58. The van der Waals surface area contributed by atoms with Crippen LogP contribution in [0.5, 0.6) is 11.5 Å². The van der Waals surface area contributed by atoms with Crippen molar-refractivity contribution < 1.29 is 44.3 Å². The maximum atomic E-state index is 12.1. The van der Waals surface area contributed by atoms with Crippen LogP contribution < -0.4 is 14.8 Å². The normalized spacial score (nSPS) is 19.1. The van der Waals surface area contributed by atoms with E-state index in [1.165, 1.54) is 12.8 Å². The molecule has 202 valence electrons. The molecule has 1 aromatic carbocycles. The van der Waals surface area contributed by atoms with Crippen LogP contribution in [0.15, 0.2) is 24.3 Å². The van der Waals surface area contributed by atoms with Crippen molar-refractivity contribution in [1.82, 2.24) is 10.2 Å². The molecule has 11 nitrogen and oxygen atoms in total. The number of rotatable bonds is 11. The molecule has 1 amide bonds. The Kier molecular flexibility index (Phi) is 13.5. The van der Waals surface area contributed by atoms with Crippen LogP contribution in [-0.2, 0) is 14.4 Å². The second kappa shape index (κ2) is 15.8. The molecule has 2 unspecified atom stereocenters. The molecule has 0 aromatic heterocycles. The van der Waals surface area contributed by atoms with Gasteiger partial charge in [0.05, 0.1) is 7.11 Å². The Labute approximate surface area is 211 Å². The van der Waals surface area contributed by atoms with Gasteiger partial charge in [0.1, 0.15) is 6.61 Å². The van der Waals surface area contributed by atoms with Crippen molar-refractivity contribution in [1.29, 1.82) is 0 Å². The van der Waals surface area contributed by atoms with E-state index in [0.29, 0.717) is 24.1 Å². The summed E-state index contributed by atoms with van der Waals surface area (Å²) in [6, 6.07) is 6.01. The molecule has 2 atom stereocenters. The Morgan fingerprint density at radius 2 is 1.64 bits per heavy atom. The monoisotopic (exact) mass is 510 g/mol. The number of aliphatic hydroxyl groups is 2. The fourth-order valence-corrected chi connectivity index (χ4v) is 3.34. The average Bonchev–Trinajstić information content (AvgIpc) is 2.83. The van der Waals surface area contributed by atoms with Crippen molar-refractivity contribution in [2.75, 3.05) is 34.4 Å². The lowest BCUT2D eigenvalue weighted by molar-refractivity contribution is -0.165. The van der Waals surface area contributed by atoms with Gasteiger partial charge in [0, 0.05) is 18.7 Å². The highest BCUT2D eigenvalue weighted by Crippen LogP contribution is 2.28. The molecule has 0 saturated heterocycles. The molecular formula is C25H38N2O9. The number of nitrogens with one attached hydrogen (secondary N) is 1. The van der Waals surface area contributed by atoms with E-state index in [-0.39, 0.29) is 5.91 Å². The number of nitrogens with zero attached hydrogens (tertiary/aromatic N) is 1. The van der Waals surface area contributed by atoms with Gasteiger partial charge in [0.15, 0.2) is 23.7 Å². The Bertz CT molecular complexity index is 862. The third-order valence-corrected chi connectivity index (χ3v) is 5.58. The van der Waals surface area contributed by atoms with E-state index >= 15 is 0 Å². The highest BCUT2D eigenvalue weighted by Gasteiger charge is 2.29. The van der Waals surface area contributed by atoms with Gasteiger partial charge in [0.2, 0.25) is 5.91 Å². The van der Waals surface area contributed by atoms with Gasteiger partial charge < -0.3 is 40.1 Å². The molecule has 0 aliphatic heterocycles. The molecule has 1 aliphatic carbocycles. The van der Waals surface area contributed by atoms with Crippen molar-refractivity contribution in [3.8, 4) is 11.5 Å².